The van der Waals surface area contributed by atoms with Crippen LogP contribution in [0.2, 0.25) is 0 Å². The van der Waals surface area contributed by atoms with Gasteiger partial charge in [-0.25, -0.2) is 0 Å². The van der Waals surface area contributed by atoms with Crippen LogP contribution in [-0.4, -0.2) is 22.8 Å². The van der Waals surface area contributed by atoms with E-state index in [1.54, 1.807) is 42.3 Å². The van der Waals surface area contributed by atoms with Crippen LogP contribution in [0.25, 0.3) is 0 Å². The number of anilines is 1. The quantitative estimate of drug-likeness (QED) is 0.786. The van der Waals surface area contributed by atoms with Gasteiger partial charge in [-0.1, -0.05) is 12.1 Å². The van der Waals surface area contributed by atoms with Crippen LogP contribution in [0, 0.1) is 0 Å². The lowest BCUT2D eigenvalue weighted by atomic mass is 10.3. The maximum Gasteiger partial charge on any atom is 0.291 e. The summed E-state index contributed by atoms with van der Waals surface area (Å²) in [6.45, 7) is 0.481. The molecule has 0 atom stereocenters. The Hall–Kier alpha value is -3.02. The molecule has 3 aromatic rings. The Balaban J connectivity index is 1.71. The van der Waals surface area contributed by atoms with Gasteiger partial charge in [0.25, 0.3) is 5.91 Å². The van der Waals surface area contributed by atoms with Crippen molar-refractivity contribution in [2.45, 2.75) is 6.54 Å². The second-order valence-electron chi connectivity index (χ2n) is 4.62. The third-order valence-electron chi connectivity index (χ3n) is 3.12. The van der Waals surface area contributed by atoms with Gasteiger partial charge in [0.15, 0.2) is 5.76 Å². The van der Waals surface area contributed by atoms with E-state index in [9.17, 15) is 4.79 Å². The Bertz CT molecular complexity index is 763. The van der Waals surface area contributed by atoms with Gasteiger partial charge in [0.05, 0.1) is 19.3 Å². The standard InChI is InChI=1S/C16H15N3O3/c1-21-14-6-3-2-5-13(14)18-16(20)15-8-7-12(22-15)11-19-10-4-9-17-19/h2-10H,11H2,1H3,(H,18,20). The van der Waals surface area contributed by atoms with E-state index in [0.717, 1.165) is 0 Å². The van der Waals surface area contributed by atoms with E-state index in [1.165, 1.54) is 0 Å². The van der Waals surface area contributed by atoms with Crippen molar-refractivity contribution in [2.75, 3.05) is 12.4 Å². The Morgan fingerprint density at radius 2 is 2.14 bits per heavy atom. The van der Waals surface area contributed by atoms with Crippen LogP contribution >= 0.6 is 0 Å². The summed E-state index contributed by atoms with van der Waals surface area (Å²) in [4.78, 5) is 12.2. The van der Waals surface area contributed by atoms with Crippen LogP contribution in [-0.2, 0) is 6.54 Å². The van der Waals surface area contributed by atoms with Crippen LogP contribution in [0.4, 0.5) is 5.69 Å². The zero-order valence-corrected chi connectivity index (χ0v) is 12.0. The van der Waals surface area contributed by atoms with Crippen molar-refractivity contribution in [2.24, 2.45) is 0 Å². The molecule has 1 N–H and O–H groups in total. The van der Waals surface area contributed by atoms with Gasteiger partial charge in [0.2, 0.25) is 0 Å². The van der Waals surface area contributed by atoms with Crippen molar-refractivity contribution < 1.29 is 13.9 Å². The van der Waals surface area contributed by atoms with Gasteiger partial charge >= 0.3 is 0 Å². The number of nitrogens with one attached hydrogen (secondary N) is 1. The van der Waals surface area contributed by atoms with Crippen molar-refractivity contribution in [1.29, 1.82) is 0 Å². The molecule has 0 aliphatic carbocycles. The van der Waals surface area contributed by atoms with Crippen molar-refractivity contribution in [3.8, 4) is 5.75 Å². The van der Waals surface area contributed by atoms with Gasteiger partial charge in [-0.3, -0.25) is 9.48 Å². The first kappa shape index (κ1) is 13.9. The molecular weight excluding hydrogens is 282 g/mol. The lowest BCUT2D eigenvalue weighted by Crippen LogP contribution is -2.11. The summed E-state index contributed by atoms with van der Waals surface area (Å²) in [5.41, 5.74) is 0.597. The number of hydrogen-bond donors (Lipinski definition) is 1. The van der Waals surface area contributed by atoms with E-state index in [2.05, 4.69) is 10.4 Å². The van der Waals surface area contributed by atoms with E-state index in [-0.39, 0.29) is 11.7 Å². The van der Waals surface area contributed by atoms with Crippen LogP contribution in [0.15, 0.2) is 59.3 Å². The summed E-state index contributed by atoms with van der Waals surface area (Å²) in [7, 11) is 1.56. The first-order valence-corrected chi connectivity index (χ1v) is 6.77. The van der Waals surface area contributed by atoms with Crippen LogP contribution < -0.4 is 10.1 Å². The molecular formula is C16H15N3O3. The number of amides is 1. The molecule has 6 nitrogen and oxygen atoms in total. The average molecular weight is 297 g/mol. The molecule has 0 unspecified atom stereocenters. The third-order valence-corrected chi connectivity index (χ3v) is 3.12. The molecule has 2 aromatic heterocycles. The minimum absolute atomic E-state index is 0.244. The molecule has 2 heterocycles. The molecule has 0 saturated heterocycles. The summed E-state index contributed by atoms with van der Waals surface area (Å²) >= 11 is 0. The zero-order chi connectivity index (χ0) is 15.4. The molecule has 0 spiro atoms. The van der Waals surface area contributed by atoms with Crippen molar-refractivity contribution in [3.63, 3.8) is 0 Å². The van der Waals surface area contributed by atoms with E-state index >= 15 is 0 Å². The Kier molecular flexibility index (Phi) is 3.91. The number of para-hydroxylation sites is 2. The average Bonchev–Trinajstić information content (AvgIpc) is 3.20. The van der Waals surface area contributed by atoms with Gasteiger partial charge < -0.3 is 14.5 Å². The van der Waals surface area contributed by atoms with Crippen molar-refractivity contribution >= 4 is 11.6 Å². The number of carbonyl (C=O) groups excluding carboxylic acids is 1. The predicted molar refractivity (Wildman–Crippen MR) is 81.0 cm³/mol. The number of furan rings is 1. The lowest BCUT2D eigenvalue weighted by molar-refractivity contribution is 0.0994. The summed E-state index contributed by atoms with van der Waals surface area (Å²) in [6.07, 6.45) is 3.52. The molecule has 0 radical (unpaired) electrons. The minimum Gasteiger partial charge on any atom is -0.495 e. The molecule has 0 fully saturated rings. The summed E-state index contributed by atoms with van der Waals surface area (Å²) in [5, 5.41) is 6.87. The first-order chi connectivity index (χ1) is 10.8. The number of nitrogens with zero attached hydrogens (tertiary/aromatic N) is 2. The lowest BCUT2D eigenvalue weighted by Gasteiger charge is -2.08. The van der Waals surface area contributed by atoms with E-state index < -0.39 is 0 Å². The third kappa shape index (κ3) is 3.01. The fourth-order valence-corrected chi connectivity index (χ4v) is 2.07. The maximum absolute atomic E-state index is 12.2. The fraction of sp³-hybridized carbons (Fsp3) is 0.125. The highest BCUT2D eigenvalue weighted by molar-refractivity contribution is 6.03. The number of ether oxygens (including phenoxy) is 1. The summed E-state index contributed by atoms with van der Waals surface area (Å²) < 4.78 is 12.5. The van der Waals surface area contributed by atoms with Crippen molar-refractivity contribution in [1.82, 2.24) is 9.78 Å². The maximum atomic E-state index is 12.2. The molecule has 1 aromatic carbocycles. The zero-order valence-electron chi connectivity index (χ0n) is 12.0. The Labute approximate surface area is 127 Å². The van der Waals surface area contributed by atoms with Gasteiger partial charge in [-0.15, -0.1) is 0 Å². The highest BCUT2D eigenvalue weighted by Crippen LogP contribution is 2.24. The van der Waals surface area contributed by atoms with E-state index in [0.29, 0.717) is 23.7 Å². The normalized spacial score (nSPS) is 10.4. The number of methoxy groups -OCH3 is 1. The monoisotopic (exact) mass is 297 g/mol. The highest BCUT2D eigenvalue weighted by atomic mass is 16.5. The largest absolute Gasteiger partial charge is 0.495 e. The predicted octanol–water partition coefficient (Wildman–Crippen LogP) is 2.79. The molecule has 0 bridgehead atoms. The summed E-state index contributed by atoms with van der Waals surface area (Å²) in [6, 6.07) is 12.4. The van der Waals surface area contributed by atoms with E-state index in [1.807, 2.05) is 24.4 Å². The van der Waals surface area contributed by atoms with Gasteiger partial charge in [0, 0.05) is 12.4 Å². The molecule has 0 saturated carbocycles. The topological polar surface area (TPSA) is 69.3 Å². The number of benzene rings is 1. The van der Waals surface area contributed by atoms with Crippen molar-refractivity contribution in [3.05, 3.63) is 66.4 Å². The highest BCUT2D eigenvalue weighted by Gasteiger charge is 2.13. The minimum atomic E-state index is -0.323. The number of rotatable bonds is 5. The number of hydrogen-bond acceptors (Lipinski definition) is 4. The fourth-order valence-electron chi connectivity index (χ4n) is 2.07. The van der Waals surface area contributed by atoms with Gasteiger partial charge in [-0.05, 0) is 30.3 Å². The van der Waals surface area contributed by atoms with Crippen LogP contribution in [0.1, 0.15) is 16.3 Å². The Morgan fingerprint density at radius 3 is 2.91 bits per heavy atom. The van der Waals surface area contributed by atoms with Gasteiger partial charge in [-0.2, -0.15) is 5.10 Å². The molecule has 0 aliphatic heterocycles. The first-order valence-electron chi connectivity index (χ1n) is 6.77. The van der Waals surface area contributed by atoms with Crippen LogP contribution in [0.3, 0.4) is 0 Å². The molecule has 0 aliphatic rings. The summed E-state index contributed by atoms with van der Waals surface area (Å²) in [5.74, 6) is 1.18. The second kappa shape index (κ2) is 6.17. The van der Waals surface area contributed by atoms with Crippen LogP contribution in [0.5, 0.6) is 5.75 Å². The molecule has 112 valence electrons. The Morgan fingerprint density at radius 1 is 1.27 bits per heavy atom. The SMILES string of the molecule is COc1ccccc1NC(=O)c1ccc(Cn2cccn2)o1. The molecule has 3 rings (SSSR count). The molecule has 1 amide bonds. The number of carbonyl (C=O) groups is 1. The van der Waals surface area contributed by atoms with Gasteiger partial charge in [0.1, 0.15) is 11.5 Å². The number of aromatic nitrogens is 2. The molecule has 22 heavy (non-hydrogen) atoms. The molecule has 6 heteroatoms. The smallest absolute Gasteiger partial charge is 0.291 e. The van der Waals surface area contributed by atoms with E-state index in [4.69, 9.17) is 9.15 Å². The second-order valence-corrected chi connectivity index (χ2v) is 4.62.